The second-order valence-corrected chi connectivity index (χ2v) is 32.0. The number of unbranched alkanes of at least 4 members (excludes halogenated alkanes) is 1. The molecule has 0 unspecified atom stereocenters. The molecule has 732 valence electrons. The standard InChI is InChI=1S/C29H21F7O.C28H19F7O.C27H17F7O.C26H15F7O/c1-2-3-4-17-5-7-18(8-6-17)19-9-11-22(24(31)13-19)20-14-26(33)28(27(34)15-20)29(35,36)37-21-10-12-23(30)25(32)16-21;1-2-3-16-4-6-17(7-5-16)18-8-10-21(23(30)12-18)19-13-25(32)27(26(33)14-19)28(34,35)36-20-9-11-22(29)24(31)15-20;1-2-15-3-5-16(6-4-15)17-7-9-20(22(29)11-17)18-12-24(31)26(25(32)13-18)27(33,34)35-19-8-10-21(28)23(30)14-19;1-14-2-4-15(5-3-14)16-6-8-19(21(28)10-16)17-11-23(30)25(24(31)12-17)26(32,33)34-18-7-9-20(27)22(29)13-18/h5-16H,2-4H2,1H3;4-15H,2-3H2,1H3;3-14H,2H2,1H3;2-13H,1H3. The van der Waals surface area contributed by atoms with E-state index in [0.717, 1.165) is 83.0 Å². The summed E-state index contributed by atoms with van der Waals surface area (Å²) in [6, 6.07) is 56.5. The van der Waals surface area contributed by atoms with Crippen LogP contribution in [-0.4, -0.2) is 0 Å². The number of rotatable bonds is 26. The van der Waals surface area contributed by atoms with E-state index in [1.54, 1.807) is 30.3 Å². The molecule has 0 bridgehead atoms. The summed E-state index contributed by atoms with van der Waals surface area (Å²) in [4.78, 5) is 0. The Hall–Kier alpha value is -15.2. The van der Waals surface area contributed by atoms with Gasteiger partial charge >= 0.3 is 24.4 Å². The number of alkyl halides is 8. The Morgan fingerprint density at radius 2 is 0.387 bits per heavy atom. The quantitative estimate of drug-likeness (QED) is 0.0506. The van der Waals surface area contributed by atoms with Gasteiger partial charge in [-0.3, -0.25) is 0 Å². The molecule has 16 rings (SSSR count). The van der Waals surface area contributed by atoms with Gasteiger partial charge in [-0.1, -0.05) is 185 Å². The van der Waals surface area contributed by atoms with Gasteiger partial charge in [-0.05, 0) is 237 Å². The molecule has 0 radical (unpaired) electrons. The van der Waals surface area contributed by atoms with Crippen molar-refractivity contribution in [2.75, 3.05) is 0 Å². The van der Waals surface area contributed by atoms with Gasteiger partial charge in [0.1, 0.15) is 115 Å². The topological polar surface area (TPSA) is 36.9 Å². The Bertz CT molecular complexity index is 7190. The summed E-state index contributed by atoms with van der Waals surface area (Å²) in [5.41, 5.74) is 0.409. The van der Waals surface area contributed by atoms with E-state index < -0.39 is 186 Å². The van der Waals surface area contributed by atoms with Crippen LogP contribution in [0.4, 0.5) is 123 Å². The van der Waals surface area contributed by atoms with E-state index in [1.807, 2.05) is 98.8 Å². The summed E-state index contributed by atoms with van der Waals surface area (Å²) in [5, 5.41) is 0. The molecule has 0 aliphatic heterocycles. The first-order valence-corrected chi connectivity index (χ1v) is 42.9. The molecule has 0 N–H and O–H groups in total. The Kier molecular flexibility index (Phi) is 32.3. The summed E-state index contributed by atoms with van der Waals surface area (Å²) in [5.74, 6) is -31.4. The second kappa shape index (κ2) is 44.1. The lowest BCUT2D eigenvalue weighted by Gasteiger charge is -2.20. The average Bonchev–Trinajstić information content (AvgIpc) is 0.782. The molecule has 32 heteroatoms. The predicted octanol–water partition coefficient (Wildman–Crippen LogP) is 34.5. The van der Waals surface area contributed by atoms with Crippen molar-refractivity contribution in [2.45, 2.75) is 90.7 Å². The second-order valence-electron chi connectivity index (χ2n) is 32.0. The van der Waals surface area contributed by atoms with Crippen LogP contribution in [0.5, 0.6) is 23.0 Å². The fourth-order valence-electron chi connectivity index (χ4n) is 14.8. The van der Waals surface area contributed by atoms with E-state index >= 15 is 0 Å². The molecule has 0 spiro atoms. The number of hydrogen-bond acceptors (Lipinski definition) is 4. The maximum atomic E-state index is 14.9. The van der Waals surface area contributed by atoms with Crippen molar-refractivity contribution in [3.8, 4) is 112 Å². The van der Waals surface area contributed by atoms with Crippen molar-refractivity contribution in [3.05, 3.63) is 452 Å². The molecule has 0 aliphatic carbocycles. The first-order chi connectivity index (χ1) is 67.3. The monoisotopic (exact) mass is 1990 g/mol. The van der Waals surface area contributed by atoms with Crippen LogP contribution in [0.2, 0.25) is 0 Å². The van der Waals surface area contributed by atoms with Gasteiger partial charge in [0.25, 0.3) is 0 Å². The summed E-state index contributed by atoms with van der Waals surface area (Å²) in [6.07, 6.45) is -12.5. The summed E-state index contributed by atoms with van der Waals surface area (Å²) in [7, 11) is 0. The fourth-order valence-corrected chi connectivity index (χ4v) is 14.8. The van der Waals surface area contributed by atoms with Crippen molar-refractivity contribution in [1.82, 2.24) is 0 Å². The van der Waals surface area contributed by atoms with Crippen molar-refractivity contribution in [3.63, 3.8) is 0 Å². The molecule has 0 saturated heterocycles. The number of hydrogen-bond donors (Lipinski definition) is 0. The largest absolute Gasteiger partial charge is 0.432 e. The third kappa shape index (κ3) is 24.8. The maximum absolute atomic E-state index is 14.9. The minimum atomic E-state index is -4.57. The van der Waals surface area contributed by atoms with Gasteiger partial charge in [-0.25, -0.2) is 87.8 Å². The van der Waals surface area contributed by atoms with Crippen LogP contribution in [0.15, 0.2) is 291 Å². The lowest BCUT2D eigenvalue weighted by Crippen LogP contribution is -2.25. The zero-order valence-electron chi connectivity index (χ0n) is 74.2. The van der Waals surface area contributed by atoms with Crippen molar-refractivity contribution in [2.24, 2.45) is 0 Å². The van der Waals surface area contributed by atoms with E-state index in [4.69, 9.17) is 0 Å². The van der Waals surface area contributed by atoms with Crippen LogP contribution in [-0.2, 0) is 43.7 Å². The fraction of sp³-hybridized carbons (Fsp3) is 0.127. The van der Waals surface area contributed by atoms with E-state index in [9.17, 15) is 123 Å². The van der Waals surface area contributed by atoms with E-state index in [2.05, 4.69) is 32.8 Å². The minimum Gasteiger partial charge on any atom is -0.429 e. The van der Waals surface area contributed by atoms with Crippen LogP contribution < -0.4 is 18.9 Å². The van der Waals surface area contributed by atoms with Crippen LogP contribution in [0, 0.1) is 123 Å². The normalized spacial score (nSPS) is 11.5. The molecule has 16 aromatic rings. The molecular weight excluding hydrogens is 1920 g/mol. The van der Waals surface area contributed by atoms with E-state index in [-0.39, 0.29) is 44.5 Å². The number of ether oxygens (including phenoxy) is 4. The summed E-state index contributed by atoms with van der Waals surface area (Å²) in [6.45, 7) is 8.05. The summed E-state index contributed by atoms with van der Waals surface area (Å²) < 4.78 is 415. The van der Waals surface area contributed by atoms with Gasteiger partial charge in [-0.15, -0.1) is 0 Å². The molecule has 0 saturated carbocycles. The molecule has 4 nitrogen and oxygen atoms in total. The lowest BCUT2D eigenvalue weighted by molar-refractivity contribution is -0.190. The molecule has 0 amide bonds. The highest BCUT2D eigenvalue weighted by Gasteiger charge is 2.46. The third-order valence-corrected chi connectivity index (χ3v) is 22.0. The highest BCUT2D eigenvalue weighted by atomic mass is 19.3. The summed E-state index contributed by atoms with van der Waals surface area (Å²) >= 11 is 0. The van der Waals surface area contributed by atoms with E-state index in [0.29, 0.717) is 144 Å². The molecule has 0 aromatic heterocycles. The lowest BCUT2D eigenvalue weighted by atomic mass is 9.97. The van der Waals surface area contributed by atoms with Crippen LogP contribution in [0.25, 0.3) is 89.0 Å². The molecule has 0 atom stereocenters. The smallest absolute Gasteiger partial charge is 0.429 e. The Morgan fingerprint density at radius 1 is 0.183 bits per heavy atom. The highest BCUT2D eigenvalue weighted by Crippen LogP contribution is 2.46. The third-order valence-electron chi connectivity index (χ3n) is 22.0. The zero-order valence-corrected chi connectivity index (χ0v) is 74.2. The SMILES string of the molecule is CCCCc1ccc(-c2ccc(-c3cc(F)c(C(F)(F)Oc4ccc(F)c(F)c4)c(F)c3)c(F)c2)cc1.CCCc1ccc(-c2ccc(-c3cc(F)c(C(F)(F)Oc4ccc(F)c(F)c4)c(F)c3)c(F)c2)cc1.CCc1ccc(-c2ccc(-c3cc(F)c(C(F)(F)Oc4ccc(F)c(F)c4)c(F)c3)c(F)c2)cc1.Cc1ccc(-c2ccc(-c3cc(F)c(C(F)(F)Oc4ccc(F)c(F)c4)c(F)c3)c(F)c2)cc1. The Morgan fingerprint density at radius 3 is 0.592 bits per heavy atom. The van der Waals surface area contributed by atoms with Crippen molar-refractivity contribution in [1.29, 1.82) is 0 Å². The maximum Gasteiger partial charge on any atom is 0.432 e. The molecule has 0 heterocycles. The van der Waals surface area contributed by atoms with Gasteiger partial charge in [-0.2, -0.15) is 35.1 Å². The number of aryl methyl sites for hydroxylation is 4. The van der Waals surface area contributed by atoms with Gasteiger partial charge in [0.05, 0.1) is 0 Å². The highest BCUT2D eigenvalue weighted by molar-refractivity contribution is 5.76. The van der Waals surface area contributed by atoms with Crippen molar-refractivity contribution < 1.29 is 142 Å². The van der Waals surface area contributed by atoms with Gasteiger partial charge < -0.3 is 18.9 Å². The van der Waals surface area contributed by atoms with E-state index in [1.165, 1.54) is 54.6 Å². The molecule has 0 aliphatic rings. The van der Waals surface area contributed by atoms with Gasteiger partial charge in [0, 0.05) is 46.5 Å². The molecule has 0 fully saturated rings. The Labute approximate surface area is 793 Å². The van der Waals surface area contributed by atoms with Crippen LogP contribution in [0.3, 0.4) is 0 Å². The van der Waals surface area contributed by atoms with Crippen LogP contribution in [0.1, 0.15) is 84.5 Å². The molecule has 16 aromatic carbocycles. The van der Waals surface area contributed by atoms with Gasteiger partial charge in [0.15, 0.2) is 46.5 Å². The predicted molar refractivity (Wildman–Crippen MR) is 479 cm³/mol. The number of benzene rings is 16. The molecular formula is C110H72F28O4. The average molecular weight is 1990 g/mol. The first-order valence-electron chi connectivity index (χ1n) is 42.9. The molecule has 142 heavy (non-hydrogen) atoms. The zero-order chi connectivity index (χ0) is 103. The Balaban J connectivity index is 0.000000159. The van der Waals surface area contributed by atoms with Gasteiger partial charge in [0.2, 0.25) is 0 Å². The number of halogens is 28. The van der Waals surface area contributed by atoms with Crippen LogP contribution >= 0.6 is 0 Å². The van der Waals surface area contributed by atoms with Crippen molar-refractivity contribution >= 4 is 0 Å². The minimum absolute atomic E-state index is 0.197. The first kappa shape index (κ1) is 104.